The van der Waals surface area contributed by atoms with E-state index in [-0.39, 0.29) is 0 Å². The summed E-state index contributed by atoms with van der Waals surface area (Å²) in [5.74, 6) is 0. The third-order valence-corrected chi connectivity index (χ3v) is 9.68. The van der Waals surface area contributed by atoms with Crippen molar-refractivity contribution in [3.8, 4) is 0 Å². The number of nitrogens with zero attached hydrogens (tertiary/aromatic N) is 1. The Morgan fingerprint density at radius 1 is 0.667 bits per heavy atom. The van der Waals surface area contributed by atoms with Gasteiger partial charge in [0, 0.05) is 25.4 Å². The Balaban J connectivity index is 1.77. The Bertz CT molecular complexity index is 1160. The summed E-state index contributed by atoms with van der Waals surface area (Å²) in [7, 11) is 0. The zero-order valence-corrected chi connectivity index (χ0v) is 31.8. The van der Waals surface area contributed by atoms with E-state index in [0.717, 1.165) is 49.2 Å². The molecule has 12 nitrogen and oxygen atoms in total. The van der Waals surface area contributed by atoms with Gasteiger partial charge >= 0.3 is 17.9 Å². The topological polar surface area (TPSA) is 161 Å². The van der Waals surface area contributed by atoms with Crippen molar-refractivity contribution in [3.05, 3.63) is 33.1 Å². The summed E-state index contributed by atoms with van der Waals surface area (Å²) in [5, 5.41) is 15.6. The van der Waals surface area contributed by atoms with E-state index in [9.17, 15) is 24.3 Å². The van der Waals surface area contributed by atoms with Crippen LogP contribution in [0.3, 0.4) is 0 Å². The van der Waals surface area contributed by atoms with Gasteiger partial charge in [-0.1, -0.05) is 155 Å². The van der Waals surface area contributed by atoms with Crippen molar-refractivity contribution in [2.75, 3.05) is 19.7 Å². The number of ether oxygens (including phenoxy) is 3. The largest absolute Gasteiger partial charge is 0.439 e. The molecule has 0 aromatic carbocycles. The van der Waals surface area contributed by atoms with Crippen LogP contribution >= 0.6 is 0 Å². The zero-order valence-electron chi connectivity index (χ0n) is 31.8. The van der Waals surface area contributed by atoms with Gasteiger partial charge in [0.15, 0.2) is 18.4 Å². The number of hydrogen-bond acceptors (Lipinski definition) is 8. The molecule has 51 heavy (non-hydrogen) atoms. The number of rotatable bonds is 30. The van der Waals surface area contributed by atoms with Gasteiger partial charge < -0.3 is 30.0 Å². The molecular weight excluding hydrogens is 652 g/mol. The molecule has 0 bridgehead atoms. The average molecular weight is 723 g/mol. The molecule has 1 fully saturated rings. The maximum atomic E-state index is 12.9. The maximum absolute atomic E-state index is 12.9. The van der Waals surface area contributed by atoms with Crippen molar-refractivity contribution in [3.63, 3.8) is 0 Å². The summed E-state index contributed by atoms with van der Waals surface area (Å²) < 4.78 is 18.3. The van der Waals surface area contributed by atoms with E-state index < -0.39 is 54.6 Å². The Hall–Kier alpha value is -2.86. The minimum absolute atomic E-state index is 0.404. The highest BCUT2D eigenvalue weighted by atomic mass is 16.7. The molecule has 1 aliphatic heterocycles. The first kappa shape index (κ1) is 44.3. The van der Waals surface area contributed by atoms with E-state index in [1.165, 1.54) is 122 Å². The van der Waals surface area contributed by atoms with Gasteiger partial charge in [0.2, 0.25) is 0 Å². The summed E-state index contributed by atoms with van der Waals surface area (Å²) in [4.78, 5) is 52.2. The smallest absolute Gasteiger partial charge is 0.407 e. The average Bonchev–Trinajstić information content (AvgIpc) is 3.44. The minimum Gasteiger partial charge on any atom is -0.439 e. The molecule has 12 heteroatoms. The number of H-pyrrole nitrogens is 1. The van der Waals surface area contributed by atoms with E-state index in [4.69, 9.17) is 14.2 Å². The van der Waals surface area contributed by atoms with Crippen LogP contribution in [0.25, 0.3) is 0 Å². The summed E-state index contributed by atoms with van der Waals surface area (Å²) in [6.45, 7) is 4.75. The molecular formula is C39H70N4O8. The fourth-order valence-electron chi connectivity index (χ4n) is 6.62. The second kappa shape index (κ2) is 28.7. The fraction of sp³-hybridized carbons (Fsp3) is 0.846. The summed E-state index contributed by atoms with van der Waals surface area (Å²) in [6.07, 6.45) is 24.0. The molecule has 2 amide bonds. The second-order valence-electron chi connectivity index (χ2n) is 14.1. The highest BCUT2D eigenvalue weighted by Gasteiger charge is 2.50. The Labute approximate surface area is 306 Å². The lowest BCUT2D eigenvalue weighted by atomic mass is 10.1. The molecule has 0 spiro atoms. The summed E-state index contributed by atoms with van der Waals surface area (Å²) in [6, 6.07) is 1.14. The highest BCUT2D eigenvalue weighted by molar-refractivity contribution is 5.68. The van der Waals surface area contributed by atoms with E-state index in [1.54, 1.807) is 0 Å². The molecule has 1 aliphatic rings. The van der Waals surface area contributed by atoms with Gasteiger partial charge in [-0.05, 0) is 12.8 Å². The molecule has 1 aromatic rings. The van der Waals surface area contributed by atoms with Crippen LogP contribution in [-0.2, 0) is 14.2 Å². The number of aromatic nitrogens is 2. The lowest BCUT2D eigenvalue weighted by Gasteiger charge is -2.24. The minimum atomic E-state index is -1.26. The van der Waals surface area contributed by atoms with Crippen molar-refractivity contribution in [1.82, 2.24) is 20.2 Å². The summed E-state index contributed by atoms with van der Waals surface area (Å²) in [5.41, 5.74) is -1.39. The predicted molar refractivity (Wildman–Crippen MR) is 201 cm³/mol. The van der Waals surface area contributed by atoms with Gasteiger partial charge in [-0.25, -0.2) is 14.4 Å². The van der Waals surface area contributed by atoms with Crippen molar-refractivity contribution in [2.24, 2.45) is 0 Å². The second-order valence-corrected chi connectivity index (χ2v) is 14.1. The van der Waals surface area contributed by atoms with Gasteiger partial charge in [0.25, 0.3) is 5.56 Å². The van der Waals surface area contributed by atoms with Crippen LogP contribution in [0.2, 0.25) is 0 Å². The number of carbonyl (C=O) groups excluding carboxylic acids is 2. The van der Waals surface area contributed by atoms with Crippen LogP contribution in [0.15, 0.2) is 21.9 Å². The molecule has 2 heterocycles. The third kappa shape index (κ3) is 19.5. The summed E-state index contributed by atoms with van der Waals surface area (Å²) >= 11 is 0. The van der Waals surface area contributed by atoms with Crippen molar-refractivity contribution >= 4 is 12.2 Å². The van der Waals surface area contributed by atoms with Gasteiger partial charge in [-0.2, -0.15) is 0 Å². The molecule has 4 N–H and O–H groups in total. The number of unbranched alkanes of at least 4 members (excludes halogenated alkanes) is 22. The highest BCUT2D eigenvalue weighted by Crippen LogP contribution is 2.33. The zero-order chi connectivity index (χ0) is 36.9. The quantitative estimate of drug-likeness (QED) is 0.0581. The van der Waals surface area contributed by atoms with E-state index in [2.05, 4.69) is 29.5 Å². The molecule has 2 rings (SSSR count). The Morgan fingerprint density at radius 3 is 1.45 bits per heavy atom. The molecule has 0 radical (unpaired) electrons. The molecule has 4 atom stereocenters. The molecule has 0 saturated carbocycles. The number of amides is 2. The number of hydrogen-bond donors (Lipinski definition) is 4. The number of nitrogens with one attached hydrogen (secondary N) is 3. The van der Waals surface area contributed by atoms with Crippen LogP contribution in [0, 0.1) is 0 Å². The van der Waals surface area contributed by atoms with Gasteiger partial charge in [-0.3, -0.25) is 14.3 Å². The molecule has 1 aromatic heterocycles. The van der Waals surface area contributed by atoms with E-state index >= 15 is 0 Å². The molecule has 0 aliphatic carbocycles. The number of carbonyl (C=O) groups is 2. The van der Waals surface area contributed by atoms with Gasteiger partial charge in [0.05, 0.1) is 6.61 Å². The van der Waals surface area contributed by atoms with Crippen LogP contribution in [0.1, 0.15) is 174 Å². The Morgan fingerprint density at radius 2 is 1.06 bits per heavy atom. The maximum Gasteiger partial charge on any atom is 0.407 e. The fourth-order valence-corrected chi connectivity index (χ4v) is 6.62. The normalized spacial score (nSPS) is 18.5. The van der Waals surface area contributed by atoms with Crippen molar-refractivity contribution in [1.29, 1.82) is 0 Å². The number of aliphatic hydroxyl groups is 1. The first-order valence-corrected chi connectivity index (χ1v) is 20.4. The number of aliphatic hydroxyl groups excluding tert-OH is 1. The number of alkyl carbamates (subject to hydrolysis) is 2. The lowest BCUT2D eigenvalue weighted by molar-refractivity contribution is -0.0571. The molecule has 0 unspecified atom stereocenters. The lowest BCUT2D eigenvalue weighted by Crippen LogP contribution is -2.45. The van der Waals surface area contributed by atoms with Crippen LogP contribution < -0.4 is 21.9 Å². The van der Waals surface area contributed by atoms with Gasteiger partial charge in [-0.15, -0.1) is 0 Å². The van der Waals surface area contributed by atoms with Crippen LogP contribution in [-0.4, -0.2) is 64.9 Å². The van der Waals surface area contributed by atoms with Crippen LogP contribution in [0.4, 0.5) is 9.59 Å². The Kier molecular flexibility index (Phi) is 24.9. The standard InChI is InChI=1S/C39H70N4O8/c1-3-5-7-9-11-13-15-17-19-21-23-25-28-40-38(47)50-34-32(31-44)49-36(43-30-27-33(45)42-37(43)46)35(34)51-39(48)41-29-26-24-22-20-18-16-14-12-10-8-6-4-2/h27,30,32,34-36,44H,3-26,28-29,31H2,1-2H3,(H,40,47)(H,41,48)(H,42,45,46)/t32-,34-,35-,36-/m1/s1. The third-order valence-electron chi connectivity index (χ3n) is 9.68. The van der Waals surface area contributed by atoms with E-state index in [0.29, 0.717) is 13.1 Å². The molecule has 1 saturated heterocycles. The van der Waals surface area contributed by atoms with Crippen LogP contribution in [0.5, 0.6) is 0 Å². The SMILES string of the molecule is CCCCCCCCCCCCCCNC(=O)O[C@@H]1[C@H](OC(=O)NCCCCCCCCCCCCCC)[C@@H](CO)O[C@H]1n1ccc(=O)[nH]c1=O. The van der Waals surface area contributed by atoms with Gasteiger partial charge in [0.1, 0.15) is 6.10 Å². The first-order chi connectivity index (χ1) is 24.9. The predicted octanol–water partition coefficient (Wildman–Crippen LogP) is 8.02. The first-order valence-electron chi connectivity index (χ1n) is 20.4. The monoisotopic (exact) mass is 723 g/mol. The van der Waals surface area contributed by atoms with Crippen molar-refractivity contribution in [2.45, 2.75) is 192 Å². The number of aromatic amines is 1. The van der Waals surface area contributed by atoms with E-state index in [1.807, 2.05) is 0 Å². The molecule has 294 valence electrons. The van der Waals surface area contributed by atoms with Crippen molar-refractivity contribution < 1.29 is 28.9 Å².